The first-order chi connectivity index (χ1) is 9.70. The summed E-state index contributed by atoms with van der Waals surface area (Å²) < 4.78 is 11.1. The molecule has 1 aromatic rings. The van der Waals surface area contributed by atoms with Gasteiger partial charge in [-0.15, -0.1) is 0 Å². The maximum atomic E-state index is 10.2. The topological polar surface area (TPSA) is 50.7 Å². The van der Waals surface area contributed by atoms with Gasteiger partial charge in [0.2, 0.25) is 0 Å². The minimum atomic E-state index is -0.494. The lowest BCUT2D eigenvalue weighted by Gasteiger charge is -2.38. The highest BCUT2D eigenvalue weighted by Crippen LogP contribution is 2.36. The summed E-state index contributed by atoms with van der Waals surface area (Å²) in [7, 11) is 1.68. The van der Waals surface area contributed by atoms with E-state index in [1.54, 1.807) is 7.11 Å². The lowest BCUT2D eigenvalue weighted by atomic mass is 9.80. The summed E-state index contributed by atoms with van der Waals surface area (Å²) in [6.07, 6.45) is 5.00. The smallest absolute Gasteiger partial charge is 0.124 e. The zero-order valence-corrected chi connectivity index (χ0v) is 12.0. The van der Waals surface area contributed by atoms with Gasteiger partial charge in [-0.25, -0.2) is 0 Å². The SMILES string of the molecule is COc1ccc2c(c1)C(NCC1(O)CCC1)CCCO2. The summed E-state index contributed by atoms with van der Waals surface area (Å²) in [6.45, 7) is 1.41. The summed E-state index contributed by atoms with van der Waals surface area (Å²) in [6, 6.07) is 6.18. The molecule has 20 heavy (non-hydrogen) atoms. The van der Waals surface area contributed by atoms with Crippen molar-refractivity contribution in [2.24, 2.45) is 0 Å². The average molecular weight is 277 g/mol. The lowest BCUT2D eigenvalue weighted by Crippen LogP contribution is -2.47. The Bertz CT molecular complexity index is 471. The Balaban J connectivity index is 1.76. The van der Waals surface area contributed by atoms with E-state index in [1.165, 1.54) is 0 Å². The Morgan fingerprint density at radius 2 is 2.25 bits per heavy atom. The van der Waals surface area contributed by atoms with Gasteiger partial charge in [0.25, 0.3) is 0 Å². The molecule has 0 spiro atoms. The Hall–Kier alpha value is -1.26. The number of rotatable bonds is 4. The fourth-order valence-electron chi connectivity index (χ4n) is 2.97. The molecule has 0 aromatic heterocycles. The number of hydrogen-bond acceptors (Lipinski definition) is 4. The molecule has 1 aromatic carbocycles. The van der Waals surface area contributed by atoms with E-state index in [-0.39, 0.29) is 6.04 Å². The molecule has 3 rings (SSSR count). The van der Waals surface area contributed by atoms with E-state index in [9.17, 15) is 5.11 Å². The van der Waals surface area contributed by atoms with Crippen LogP contribution < -0.4 is 14.8 Å². The van der Waals surface area contributed by atoms with Gasteiger partial charge < -0.3 is 19.9 Å². The second kappa shape index (κ2) is 5.62. The van der Waals surface area contributed by atoms with Crippen molar-refractivity contribution in [3.8, 4) is 11.5 Å². The third kappa shape index (κ3) is 2.76. The van der Waals surface area contributed by atoms with E-state index in [0.29, 0.717) is 6.54 Å². The van der Waals surface area contributed by atoms with Crippen molar-refractivity contribution in [1.29, 1.82) is 0 Å². The van der Waals surface area contributed by atoms with Crippen LogP contribution in [0.25, 0.3) is 0 Å². The van der Waals surface area contributed by atoms with Gasteiger partial charge in [0.1, 0.15) is 11.5 Å². The second-order valence-electron chi connectivity index (χ2n) is 5.91. The molecular formula is C16H23NO3. The molecule has 0 saturated heterocycles. The highest BCUT2D eigenvalue weighted by atomic mass is 16.5. The van der Waals surface area contributed by atoms with Crippen molar-refractivity contribution in [3.63, 3.8) is 0 Å². The van der Waals surface area contributed by atoms with Gasteiger partial charge in [-0.3, -0.25) is 0 Å². The van der Waals surface area contributed by atoms with Crippen LogP contribution in [0.2, 0.25) is 0 Å². The monoisotopic (exact) mass is 277 g/mol. The molecule has 4 nitrogen and oxygen atoms in total. The molecule has 1 fully saturated rings. The van der Waals surface area contributed by atoms with E-state index in [4.69, 9.17) is 9.47 Å². The van der Waals surface area contributed by atoms with Crippen LogP contribution in [0.5, 0.6) is 11.5 Å². The van der Waals surface area contributed by atoms with Crippen LogP contribution in [0.3, 0.4) is 0 Å². The number of hydrogen-bond donors (Lipinski definition) is 2. The van der Waals surface area contributed by atoms with Crippen LogP contribution in [0.4, 0.5) is 0 Å². The second-order valence-corrected chi connectivity index (χ2v) is 5.91. The zero-order chi connectivity index (χ0) is 14.0. The number of aliphatic hydroxyl groups is 1. The molecule has 0 radical (unpaired) electrons. The molecule has 2 N–H and O–H groups in total. The van der Waals surface area contributed by atoms with Crippen LogP contribution in [-0.2, 0) is 0 Å². The first-order valence-electron chi connectivity index (χ1n) is 7.47. The predicted molar refractivity (Wildman–Crippen MR) is 77.3 cm³/mol. The van der Waals surface area contributed by atoms with Gasteiger partial charge in [0, 0.05) is 18.2 Å². The highest BCUT2D eigenvalue weighted by Gasteiger charge is 2.35. The van der Waals surface area contributed by atoms with Crippen LogP contribution in [0.1, 0.15) is 43.7 Å². The zero-order valence-electron chi connectivity index (χ0n) is 12.0. The average Bonchev–Trinajstić information content (AvgIpc) is 2.64. The number of nitrogens with one attached hydrogen (secondary N) is 1. The Morgan fingerprint density at radius 1 is 1.40 bits per heavy atom. The molecular weight excluding hydrogens is 254 g/mol. The van der Waals surface area contributed by atoms with Crippen molar-refractivity contribution >= 4 is 0 Å². The van der Waals surface area contributed by atoms with Crippen LogP contribution >= 0.6 is 0 Å². The third-order valence-corrected chi connectivity index (χ3v) is 4.45. The van der Waals surface area contributed by atoms with E-state index in [0.717, 1.165) is 55.8 Å². The van der Waals surface area contributed by atoms with Crippen molar-refractivity contribution in [1.82, 2.24) is 5.32 Å². The molecule has 1 saturated carbocycles. The Morgan fingerprint density at radius 3 is 2.95 bits per heavy atom. The number of fused-ring (bicyclic) bond motifs is 1. The van der Waals surface area contributed by atoms with E-state index in [2.05, 4.69) is 5.32 Å². The molecule has 1 unspecified atom stereocenters. The molecule has 1 atom stereocenters. The van der Waals surface area contributed by atoms with Crippen LogP contribution in [-0.4, -0.2) is 31.0 Å². The van der Waals surface area contributed by atoms with Gasteiger partial charge in [-0.05, 0) is 50.3 Å². The van der Waals surface area contributed by atoms with Crippen LogP contribution in [0.15, 0.2) is 18.2 Å². The third-order valence-electron chi connectivity index (χ3n) is 4.45. The van der Waals surface area contributed by atoms with Crippen molar-refractivity contribution in [2.75, 3.05) is 20.3 Å². The van der Waals surface area contributed by atoms with Gasteiger partial charge in [0.15, 0.2) is 0 Å². The van der Waals surface area contributed by atoms with E-state index >= 15 is 0 Å². The van der Waals surface area contributed by atoms with E-state index in [1.807, 2.05) is 18.2 Å². The molecule has 1 aliphatic carbocycles. The molecule has 0 bridgehead atoms. The number of methoxy groups -OCH3 is 1. The fraction of sp³-hybridized carbons (Fsp3) is 0.625. The molecule has 1 heterocycles. The minimum Gasteiger partial charge on any atom is -0.497 e. The fourth-order valence-corrected chi connectivity index (χ4v) is 2.97. The Labute approximate surface area is 120 Å². The quantitative estimate of drug-likeness (QED) is 0.887. The predicted octanol–water partition coefficient (Wildman–Crippen LogP) is 2.41. The molecule has 110 valence electrons. The summed E-state index contributed by atoms with van der Waals surface area (Å²) in [5, 5.41) is 13.8. The lowest BCUT2D eigenvalue weighted by molar-refractivity contribution is -0.0334. The summed E-state index contributed by atoms with van der Waals surface area (Å²) in [4.78, 5) is 0. The molecule has 0 amide bonds. The standard InChI is InChI=1S/C16H23NO3/c1-19-12-5-6-15-13(10-12)14(4-2-9-20-15)17-11-16(18)7-3-8-16/h5-6,10,14,17-18H,2-4,7-9,11H2,1H3. The summed E-state index contributed by atoms with van der Waals surface area (Å²) >= 11 is 0. The first-order valence-corrected chi connectivity index (χ1v) is 7.47. The number of ether oxygens (including phenoxy) is 2. The van der Waals surface area contributed by atoms with Crippen molar-refractivity contribution in [3.05, 3.63) is 23.8 Å². The van der Waals surface area contributed by atoms with Gasteiger partial charge in [-0.2, -0.15) is 0 Å². The van der Waals surface area contributed by atoms with Gasteiger partial charge in [0.05, 0.1) is 19.3 Å². The van der Waals surface area contributed by atoms with E-state index < -0.39 is 5.60 Å². The van der Waals surface area contributed by atoms with Crippen LogP contribution in [0, 0.1) is 0 Å². The molecule has 1 aliphatic heterocycles. The van der Waals surface area contributed by atoms with Crippen molar-refractivity contribution in [2.45, 2.75) is 43.7 Å². The van der Waals surface area contributed by atoms with Gasteiger partial charge >= 0.3 is 0 Å². The molecule has 2 aliphatic rings. The Kier molecular flexibility index (Phi) is 3.85. The first kappa shape index (κ1) is 13.7. The van der Waals surface area contributed by atoms with Crippen molar-refractivity contribution < 1.29 is 14.6 Å². The maximum Gasteiger partial charge on any atom is 0.124 e. The minimum absolute atomic E-state index is 0.229. The largest absolute Gasteiger partial charge is 0.497 e. The van der Waals surface area contributed by atoms with Gasteiger partial charge in [-0.1, -0.05) is 0 Å². The maximum absolute atomic E-state index is 10.2. The summed E-state index contributed by atoms with van der Waals surface area (Å²) in [5.41, 5.74) is 0.649. The highest BCUT2D eigenvalue weighted by molar-refractivity contribution is 5.42. The molecule has 4 heteroatoms. The normalized spacial score (nSPS) is 24.0. The number of benzene rings is 1. The summed E-state index contributed by atoms with van der Waals surface area (Å²) in [5.74, 6) is 1.78.